The van der Waals surface area contributed by atoms with E-state index in [1.54, 1.807) is 18.6 Å². The number of fused-ring (bicyclic) bond motifs is 1. The van der Waals surface area contributed by atoms with Crippen LogP contribution >= 0.6 is 0 Å². The van der Waals surface area contributed by atoms with Gasteiger partial charge in [-0.2, -0.15) is 0 Å². The summed E-state index contributed by atoms with van der Waals surface area (Å²) in [4.78, 5) is 25.8. The quantitative estimate of drug-likeness (QED) is 0.856. The molecular weight excluding hydrogens is 258 g/mol. The van der Waals surface area contributed by atoms with Crippen LogP contribution < -0.4 is 10.2 Å². The molecule has 0 aromatic carbocycles. The first-order valence-electron chi connectivity index (χ1n) is 6.54. The Hall–Kier alpha value is -2.44. The molecule has 20 heavy (non-hydrogen) atoms. The molecule has 1 fully saturated rings. The van der Waals surface area contributed by atoms with Crippen LogP contribution in [0.4, 0.5) is 10.6 Å². The predicted molar refractivity (Wildman–Crippen MR) is 73.7 cm³/mol. The van der Waals surface area contributed by atoms with Gasteiger partial charge < -0.3 is 15.3 Å². The second kappa shape index (κ2) is 5.28. The van der Waals surface area contributed by atoms with Gasteiger partial charge in [-0.15, -0.1) is 0 Å². The molecule has 0 atom stereocenters. The summed E-state index contributed by atoms with van der Waals surface area (Å²) in [5.41, 5.74) is 1.61. The summed E-state index contributed by atoms with van der Waals surface area (Å²) in [7, 11) is 0. The van der Waals surface area contributed by atoms with Crippen molar-refractivity contribution in [1.29, 1.82) is 0 Å². The summed E-state index contributed by atoms with van der Waals surface area (Å²) in [5.74, 6) is 0.823. The summed E-state index contributed by atoms with van der Waals surface area (Å²) < 4.78 is 0. The maximum absolute atomic E-state index is 10.6. The molecule has 0 bridgehead atoms. The van der Waals surface area contributed by atoms with Crippen LogP contribution in [0.3, 0.4) is 0 Å². The smallest absolute Gasteiger partial charge is 0.404 e. The fraction of sp³-hybridized carbons (Fsp3) is 0.385. The van der Waals surface area contributed by atoms with Gasteiger partial charge in [-0.3, -0.25) is 4.98 Å². The van der Waals surface area contributed by atoms with Crippen molar-refractivity contribution in [3.8, 4) is 0 Å². The van der Waals surface area contributed by atoms with Crippen LogP contribution in [0.15, 0.2) is 24.7 Å². The summed E-state index contributed by atoms with van der Waals surface area (Å²) >= 11 is 0. The van der Waals surface area contributed by atoms with Gasteiger partial charge in [0.15, 0.2) is 5.82 Å². The van der Waals surface area contributed by atoms with Crippen LogP contribution in [-0.2, 0) is 0 Å². The normalized spacial score (nSPS) is 16.3. The molecule has 1 saturated heterocycles. The summed E-state index contributed by atoms with van der Waals surface area (Å²) in [5, 5.41) is 11.3. The Bertz CT molecular complexity index is 620. The number of pyridine rings is 1. The number of hydrogen-bond acceptors (Lipinski definition) is 5. The van der Waals surface area contributed by atoms with Crippen LogP contribution in [-0.4, -0.2) is 45.3 Å². The minimum Gasteiger partial charge on any atom is -0.465 e. The highest BCUT2D eigenvalue weighted by Gasteiger charge is 2.22. The van der Waals surface area contributed by atoms with E-state index in [2.05, 4.69) is 25.2 Å². The Kier molecular flexibility index (Phi) is 3.32. The van der Waals surface area contributed by atoms with E-state index in [-0.39, 0.29) is 6.04 Å². The van der Waals surface area contributed by atoms with Gasteiger partial charge >= 0.3 is 6.09 Å². The molecule has 7 nitrogen and oxygen atoms in total. The topological polar surface area (TPSA) is 91.2 Å². The number of amides is 1. The number of hydrogen-bond donors (Lipinski definition) is 2. The van der Waals surface area contributed by atoms with Gasteiger partial charge in [-0.05, 0) is 18.9 Å². The van der Waals surface area contributed by atoms with E-state index in [1.165, 1.54) is 0 Å². The van der Waals surface area contributed by atoms with Gasteiger partial charge in [0.2, 0.25) is 0 Å². The third kappa shape index (κ3) is 2.47. The second-order valence-corrected chi connectivity index (χ2v) is 4.77. The first kappa shape index (κ1) is 12.6. The highest BCUT2D eigenvalue weighted by Crippen LogP contribution is 2.23. The van der Waals surface area contributed by atoms with E-state index in [0.29, 0.717) is 0 Å². The Balaban J connectivity index is 1.78. The van der Waals surface area contributed by atoms with Gasteiger partial charge in [0.25, 0.3) is 0 Å². The molecule has 104 valence electrons. The first-order chi connectivity index (χ1) is 9.74. The molecule has 2 aromatic rings. The molecule has 3 heterocycles. The Morgan fingerprint density at radius 1 is 1.20 bits per heavy atom. The number of carbonyl (C=O) groups is 1. The van der Waals surface area contributed by atoms with Crippen molar-refractivity contribution in [3.63, 3.8) is 0 Å². The van der Waals surface area contributed by atoms with E-state index in [9.17, 15) is 4.79 Å². The molecule has 2 aromatic heterocycles. The molecule has 0 spiro atoms. The SMILES string of the molecule is O=C(O)NC1CCN(c2nccc3nccnc23)CC1. The highest BCUT2D eigenvalue weighted by molar-refractivity contribution is 5.85. The predicted octanol–water partition coefficient (Wildman–Crippen LogP) is 1.26. The number of rotatable bonds is 2. The average Bonchev–Trinajstić information content (AvgIpc) is 2.47. The largest absolute Gasteiger partial charge is 0.465 e. The maximum atomic E-state index is 10.6. The van der Waals surface area contributed by atoms with Gasteiger partial charge in [0, 0.05) is 37.7 Å². The standard InChI is InChI=1S/C13H15N5O2/c19-13(20)17-9-2-7-18(8-3-9)12-11-10(1-4-16-12)14-5-6-15-11/h1,4-6,9,17H,2-3,7-8H2,(H,19,20). The van der Waals surface area contributed by atoms with Crippen molar-refractivity contribution < 1.29 is 9.90 Å². The van der Waals surface area contributed by atoms with Crippen molar-refractivity contribution in [2.24, 2.45) is 0 Å². The summed E-state index contributed by atoms with van der Waals surface area (Å²) in [6, 6.07) is 1.86. The van der Waals surface area contributed by atoms with Crippen molar-refractivity contribution in [2.45, 2.75) is 18.9 Å². The Morgan fingerprint density at radius 2 is 1.95 bits per heavy atom. The van der Waals surface area contributed by atoms with Crippen LogP contribution in [0.1, 0.15) is 12.8 Å². The summed E-state index contributed by atoms with van der Waals surface area (Å²) in [6.07, 6.45) is 5.63. The van der Waals surface area contributed by atoms with Crippen LogP contribution in [0.25, 0.3) is 11.0 Å². The Labute approximate surface area is 115 Å². The fourth-order valence-corrected chi connectivity index (χ4v) is 2.52. The van der Waals surface area contributed by atoms with Gasteiger partial charge in [-0.25, -0.2) is 14.8 Å². The van der Waals surface area contributed by atoms with E-state index in [4.69, 9.17) is 5.11 Å². The lowest BCUT2D eigenvalue weighted by atomic mass is 10.1. The third-order valence-corrected chi connectivity index (χ3v) is 3.49. The van der Waals surface area contributed by atoms with Crippen molar-refractivity contribution in [1.82, 2.24) is 20.3 Å². The first-order valence-corrected chi connectivity index (χ1v) is 6.54. The van der Waals surface area contributed by atoms with Gasteiger partial charge in [0.05, 0.1) is 5.52 Å². The minimum absolute atomic E-state index is 0.0183. The molecule has 0 unspecified atom stereocenters. The van der Waals surface area contributed by atoms with E-state index in [0.717, 1.165) is 42.8 Å². The number of aromatic nitrogens is 3. The number of anilines is 1. The molecule has 0 radical (unpaired) electrons. The molecule has 1 aliphatic rings. The van der Waals surface area contributed by atoms with Crippen molar-refractivity contribution in [2.75, 3.05) is 18.0 Å². The lowest BCUT2D eigenvalue weighted by Crippen LogP contribution is -2.44. The number of nitrogens with zero attached hydrogens (tertiary/aromatic N) is 4. The third-order valence-electron chi connectivity index (χ3n) is 3.49. The molecule has 2 N–H and O–H groups in total. The zero-order valence-electron chi connectivity index (χ0n) is 10.9. The monoisotopic (exact) mass is 273 g/mol. The maximum Gasteiger partial charge on any atom is 0.404 e. The molecular formula is C13H15N5O2. The fourth-order valence-electron chi connectivity index (χ4n) is 2.52. The average molecular weight is 273 g/mol. The number of nitrogens with one attached hydrogen (secondary N) is 1. The van der Waals surface area contributed by atoms with Crippen molar-refractivity contribution in [3.05, 3.63) is 24.7 Å². The number of piperidine rings is 1. The summed E-state index contributed by atoms with van der Waals surface area (Å²) in [6.45, 7) is 1.52. The van der Waals surface area contributed by atoms with Gasteiger partial charge in [0.1, 0.15) is 5.52 Å². The van der Waals surface area contributed by atoms with E-state index < -0.39 is 6.09 Å². The zero-order valence-corrected chi connectivity index (χ0v) is 10.9. The van der Waals surface area contributed by atoms with E-state index >= 15 is 0 Å². The lowest BCUT2D eigenvalue weighted by Gasteiger charge is -2.32. The zero-order chi connectivity index (χ0) is 13.9. The molecule has 0 saturated carbocycles. The number of carboxylic acid groups (broad SMARTS) is 1. The van der Waals surface area contributed by atoms with Crippen LogP contribution in [0.2, 0.25) is 0 Å². The van der Waals surface area contributed by atoms with Gasteiger partial charge in [-0.1, -0.05) is 0 Å². The molecule has 3 rings (SSSR count). The van der Waals surface area contributed by atoms with Crippen LogP contribution in [0.5, 0.6) is 0 Å². The molecule has 1 aliphatic heterocycles. The molecule has 7 heteroatoms. The van der Waals surface area contributed by atoms with Crippen LogP contribution in [0, 0.1) is 0 Å². The molecule has 1 amide bonds. The minimum atomic E-state index is -0.961. The highest BCUT2D eigenvalue weighted by atomic mass is 16.4. The Morgan fingerprint density at radius 3 is 2.70 bits per heavy atom. The lowest BCUT2D eigenvalue weighted by molar-refractivity contribution is 0.187. The molecule has 0 aliphatic carbocycles. The van der Waals surface area contributed by atoms with Crippen molar-refractivity contribution >= 4 is 22.9 Å². The second-order valence-electron chi connectivity index (χ2n) is 4.77. The van der Waals surface area contributed by atoms with E-state index in [1.807, 2.05) is 6.07 Å².